The van der Waals surface area contributed by atoms with E-state index < -0.39 is 6.09 Å². The van der Waals surface area contributed by atoms with Crippen LogP contribution in [0.15, 0.2) is 78.0 Å². The zero-order chi connectivity index (χ0) is 23.8. The minimum absolute atomic E-state index is 0.158. The van der Waals surface area contributed by atoms with Gasteiger partial charge in [0.1, 0.15) is 6.61 Å². The number of benzene rings is 3. The number of hydrogen-bond acceptors (Lipinski definition) is 6. The molecule has 0 saturated heterocycles. The minimum atomic E-state index is -0.586. The van der Waals surface area contributed by atoms with Crippen molar-refractivity contribution in [1.29, 1.82) is 0 Å². The van der Waals surface area contributed by atoms with Gasteiger partial charge in [0.05, 0.1) is 17.6 Å². The maximum absolute atomic E-state index is 12.7. The summed E-state index contributed by atoms with van der Waals surface area (Å²) in [7, 11) is 1.53. The summed E-state index contributed by atoms with van der Waals surface area (Å²) in [6, 6.07) is 22.2. The van der Waals surface area contributed by atoms with Crippen LogP contribution < -0.4 is 10.6 Å². The Balaban J connectivity index is 1.30. The Morgan fingerprint density at radius 2 is 1.71 bits per heavy atom. The molecule has 0 radical (unpaired) electrons. The van der Waals surface area contributed by atoms with Crippen LogP contribution in [-0.2, 0) is 15.2 Å². The van der Waals surface area contributed by atoms with Crippen molar-refractivity contribution in [2.75, 3.05) is 31.0 Å². The summed E-state index contributed by atoms with van der Waals surface area (Å²) >= 11 is 1.61. The van der Waals surface area contributed by atoms with Crippen LogP contribution >= 0.6 is 11.8 Å². The molecule has 0 aliphatic carbocycles. The number of methoxy groups -OCH3 is 1. The molecule has 0 aliphatic rings. The van der Waals surface area contributed by atoms with Crippen molar-refractivity contribution in [3.8, 4) is 0 Å². The van der Waals surface area contributed by atoms with Crippen molar-refractivity contribution in [2.24, 2.45) is 0 Å². The topological polar surface area (TPSA) is 105 Å². The van der Waals surface area contributed by atoms with Gasteiger partial charge in [-0.05, 0) is 48.0 Å². The van der Waals surface area contributed by atoms with Gasteiger partial charge < -0.3 is 19.8 Å². The van der Waals surface area contributed by atoms with Gasteiger partial charge in [-0.2, -0.15) is 0 Å². The number of H-pyrrole nitrogens is 1. The Morgan fingerprint density at radius 1 is 0.941 bits per heavy atom. The van der Waals surface area contributed by atoms with Crippen LogP contribution in [-0.4, -0.2) is 42.3 Å². The standard InChI is InChI=1S/C25H24N4O4S/c1-32-13-14-33-25(31)27-20-6-4-5-19(15-20)26-23(30)18-11-9-17(10-12-18)16-34-24-28-21-7-2-3-8-22(21)29-24/h2-12,15H,13-14,16H2,1H3,(H,26,30)(H,27,31)(H,28,29). The van der Waals surface area contributed by atoms with Crippen molar-refractivity contribution in [3.05, 3.63) is 83.9 Å². The van der Waals surface area contributed by atoms with Crippen molar-refractivity contribution in [1.82, 2.24) is 9.97 Å². The second kappa shape index (κ2) is 11.4. The number of hydrogen-bond donors (Lipinski definition) is 3. The number of imidazole rings is 1. The zero-order valence-electron chi connectivity index (χ0n) is 18.5. The first-order valence-electron chi connectivity index (χ1n) is 10.6. The highest BCUT2D eigenvalue weighted by Gasteiger charge is 2.09. The quantitative estimate of drug-likeness (QED) is 0.224. The monoisotopic (exact) mass is 476 g/mol. The van der Waals surface area contributed by atoms with Crippen LogP contribution in [0.5, 0.6) is 0 Å². The molecular weight excluding hydrogens is 452 g/mol. The summed E-state index contributed by atoms with van der Waals surface area (Å²) in [6.45, 7) is 0.479. The predicted octanol–water partition coefficient (Wildman–Crippen LogP) is 5.30. The van der Waals surface area contributed by atoms with Crippen LogP contribution in [0.2, 0.25) is 0 Å². The first kappa shape index (κ1) is 23.3. The maximum atomic E-state index is 12.7. The lowest BCUT2D eigenvalue weighted by molar-refractivity contribution is 0.102. The number of carbonyl (C=O) groups excluding carboxylic acids is 2. The SMILES string of the molecule is COCCOC(=O)Nc1cccc(NC(=O)c2ccc(CSc3nc4ccccc4[nH]3)cc2)c1. The van der Waals surface area contributed by atoms with Gasteiger partial charge in [-0.15, -0.1) is 0 Å². The molecular formula is C25H24N4O4S. The van der Waals surface area contributed by atoms with E-state index in [0.717, 1.165) is 27.5 Å². The van der Waals surface area contributed by atoms with Crippen LogP contribution in [0.25, 0.3) is 11.0 Å². The van der Waals surface area contributed by atoms with Crippen LogP contribution in [0.3, 0.4) is 0 Å². The Bertz CT molecular complexity index is 1240. The normalized spacial score (nSPS) is 10.7. The molecule has 0 spiro atoms. The summed E-state index contributed by atoms with van der Waals surface area (Å²) in [5, 5.41) is 6.32. The lowest BCUT2D eigenvalue weighted by atomic mass is 10.1. The third kappa shape index (κ3) is 6.37. The van der Waals surface area contributed by atoms with Crippen LogP contribution in [0.4, 0.5) is 16.2 Å². The smallest absolute Gasteiger partial charge is 0.411 e. The molecule has 0 fully saturated rings. The number of amides is 2. The highest BCUT2D eigenvalue weighted by Crippen LogP contribution is 2.23. The lowest BCUT2D eigenvalue weighted by Gasteiger charge is -2.10. The maximum Gasteiger partial charge on any atom is 0.411 e. The molecule has 0 bridgehead atoms. The average Bonchev–Trinajstić information content (AvgIpc) is 3.26. The summed E-state index contributed by atoms with van der Waals surface area (Å²) in [5.41, 5.74) is 4.65. The molecule has 3 aromatic carbocycles. The number of aromatic nitrogens is 2. The van der Waals surface area contributed by atoms with E-state index in [-0.39, 0.29) is 12.5 Å². The molecule has 2 amide bonds. The molecule has 9 heteroatoms. The molecule has 1 aromatic heterocycles. The third-order valence-electron chi connectivity index (χ3n) is 4.85. The van der Waals surface area contributed by atoms with Crippen LogP contribution in [0.1, 0.15) is 15.9 Å². The van der Waals surface area contributed by atoms with Gasteiger partial charge in [-0.25, -0.2) is 9.78 Å². The third-order valence-corrected chi connectivity index (χ3v) is 5.79. The number of rotatable bonds is 9. The van der Waals surface area contributed by atoms with Crippen molar-refractivity contribution in [2.45, 2.75) is 10.9 Å². The van der Waals surface area contributed by atoms with Gasteiger partial charge in [0, 0.05) is 29.8 Å². The summed E-state index contributed by atoms with van der Waals surface area (Å²) in [6.07, 6.45) is -0.586. The Morgan fingerprint density at radius 3 is 2.47 bits per heavy atom. The van der Waals surface area contributed by atoms with E-state index in [4.69, 9.17) is 9.47 Å². The Labute approximate surface area is 201 Å². The van der Waals surface area contributed by atoms with Gasteiger partial charge in [-0.3, -0.25) is 10.1 Å². The van der Waals surface area contributed by atoms with E-state index >= 15 is 0 Å². The summed E-state index contributed by atoms with van der Waals surface area (Å²) in [5.74, 6) is 0.493. The van der Waals surface area contributed by atoms with Gasteiger partial charge >= 0.3 is 6.09 Å². The molecule has 0 unspecified atom stereocenters. The van der Waals surface area contributed by atoms with Crippen molar-refractivity contribution in [3.63, 3.8) is 0 Å². The van der Waals surface area contributed by atoms with E-state index in [1.807, 2.05) is 36.4 Å². The van der Waals surface area contributed by atoms with E-state index in [9.17, 15) is 9.59 Å². The number of ether oxygens (including phenoxy) is 2. The number of para-hydroxylation sites is 2. The number of anilines is 2. The van der Waals surface area contributed by atoms with Gasteiger partial charge in [0.25, 0.3) is 5.91 Å². The number of thioether (sulfide) groups is 1. The van der Waals surface area contributed by atoms with E-state index in [1.54, 1.807) is 48.2 Å². The van der Waals surface area contributed by atoms with E-state index in [2.05, 4.69) is 20.6 Å². The number of nitrogens with one attached hydrogen (secondary N) is 3. The Hall–Kier alpha value is -3.82. The molecule has 8 nitrogen and oxygen atoms in total. The molecule has 174 valence electrons. The highest BCUT2D eigenvalue weighted by atomic mass is 32.2. The minimum Gasteiger partial charge on any atom is -0.447 e. The molecule has 4 aromatic rings. The van der Waals surface area contributed by atoms with E-state index in [1.165, 1.54) is 7.11 Å². The zero-order valence-corrected chi connectivity index (χ0v) is 19.4. The Kier molecular flexibility index (Phi) is 7.79. The predicted molar refractivity (Wildman–Crippen MR) is 133 cm³/mol. The molecule has 34 heavy (non-hydrogen) atoms. The fourth-order valence-electron chi connectivity index (χ4n) is 3.15. The molecule has 0 aliphatic heterocycles. The molecule has 3 N–H and O–H groups in total. The second-order valence-corrected chi connectivity index (χ2v) is 8.30. The van der Waals surface area contributed by atoms with Crippen molar-refractivity contribution < 1.29 is 19.1 Å². The summed E-state index contributed by atoms with van der Waals surface area (Å²) in [4.78, 5) is 32.3. The van der Waals surface area contributed by atoms with Crippen molar-refractivity contribution >= 4 is 46.2 Å². The summed E-state index contributed by atoms with van der Waals surface area (Å²) < 4.78 is 9.82. The number of fused-ring (bicyclic) bond motifs is 1. The lowest BCUT2D eigenvalue weighted by Crippen LogP contribution is -2.17. The largest absolute Gasteiger partial charge is 0.447 e. The molecule has 4 rings (SSSR count). The first-order valence-corrected chi connectivity index (χ1v) is 11.6. The van der Waals surface area contributed by atoms with Gasteiger partial charge in [0.15, 0.2) is 5.16 Å². The van der Waals surface area contributed by atoms with Gasteiger partial charge in [0.2, 0.25) is 0 Å². The number of aromatic amines is 1. The number of nitrogens with zero attached hydrogens (tertiary/aromatic N) is 1. The number of carbonyl (C=O) groups is 2. The first-order chi connectivity index (χ1) is 16.6. The fraction of sp³-hybridized carbons (Fsp3) is 0.160. The average molecular weight is 477 g/mol. The highest BCUT2D eigenvalue weighted by molar-refractivity contribution is 7.98. The molecule has 0 saturated carbocycles. The fourth-order valence-corrected chi connectivity index (χ4v) is 3.99. The molecule has 1 heterocycles. The van der Waals surface area contributed by atoms with Gasteiger partial charge in [-0.1, -0.05) is 42.1 Å². The van der Waals surface area contributed by atoms with E-state index in [0.29, 0.717) is 23.5 Å². The second-order valence-electron chi connectivity index (χ2n) is 7.33. The van der Waals surface area contributed by atoms with Crippen LogP contribution in [0, 0.1) is 0 Å². The molecule has 0 atom stereocenters.